The number of rotatable bonds is 3. The lowest BCUT2D eigenvalue weighted by Gasteiger charge is -2.38. The fourth-order valence-electron chi connectivity index (χ4n) is 4.03. The van der Waals surface area contributed by atoms with E-state index in [0.29, 0.717) is 24.0 Å². The highest BCUT2D eigenvalue weighted by molar-refractivity contribution is 6.30. The van der Waals surface area contributed by atoms with E-state index in [4.69, 9.17) is 16.3 Å². The van der Waals surface area contributed by atoms with Gasteiger partial charge in [0.15, 0.2) is 0 Å². The van der Waals surface area contributed by atoms with Gasteiger partial charge in [-0.1, -0.05) is 48.0 Å². The monoisotopic (exact) mass is 353 g/mol. The van der Waals surface area contributed by atoms with Crippen molar-refractivity contribution in [1.29, 1.82) is 0 Å². The molecule has 1 N–H and O–H groups in total. The van der Waals surface area contributed by atoms with Gasteiger partial charge in [0.25, 0.3) is 0 Å². The average molecular weight is 354 g/mol. The molecule has 1 aliphatic heterocycles. The molecule has 3 nitrogen and oxygen atoms in total. The first-order valence-electron chi connectivity index (χ1n) is 8.67. The Labute approximate surface area is 152 Å². The summed E-state index contributed by atoms with van der Waals surface area (Å²) in [5.74, 6) is 0.440. The van der Waals surface area contributed by atoms with Crippen LogP contribution in [0.4, 0.5) is 5.69 Å². The molecule has 1 heterocycles. The van der Waals surface area contributed by atoms with Crippen molar-refractivity contribution >= 4 is 23.3 Å². The van der Waals surface area contributed by atoms with Crippen molar-refractivity contribution in [3.63, 3.8) is 0 Å². The van der Waals surface area contributed by atoms with Crippen molar-refractivity contribution in [2.45, 2.75) is 25.3 Å². The molecule has 0 fully saturated rings. The van der Waals surface area contributed by atoms with Crippen LogP contribution >= 0.6 is 11.6 Å². The van der Waals surface area contributed by atoms with E-state index in [1.165, 1.54) is 5.56 Å². The van der Waals surface area contributed by atoms with E-state index in [9.17, 15) is 4.79 Å². The third kappa shape index (κ3) is 2.83. The van der Waals surface area contributed by atoms with Crippen molar-refractivity contribution in [3.8, 4) is 0 Å². The number of para-hydroxylation sites is 1. The van der Waals surface area contributed by atoms with E-state index in [2.05, 4.69) is 29.6 Å². The SMILES string of the molecule is CCOC(=O)c1cccc2c1N[C@@H](c1cccc(Cl)c1)[C@H]1CC=C[C@@H]21. The summed E-state index contributed by atoms with van der Waals surface area (Å²) in [5, 5.41) is 4.35. The molecule has 0 bridgehead atoms. The fourth-order valence-corrected chi connectivity index (χ4v) is 4.23. The number of hydrogen-bond donors (Lipinski definition) is 1. The highest BCUT2D eigenvalue weighted by Gasteiger charge is 2.39. The second kappa shape index (κ2) is 6.57. The van der Waals surface area contributed by atoms with Crippen LogP contribution in [0.1, 0.15) is 46.8 Å². The van der Waals surface area contributed by atoms with Gasteiger partial charge >= 0.3 is 5.97 Å². The summed E-state index contributed by atoms with van der Waals surface area (Å²) in [6.07, 6.45) is 5.51. The van der Waals surface area contributed by atoms with Gasteiger partial charge < -0.3 is 10.1 Å². The van der Waals surface area contributed by atoms with Crippen LogP contribution in [0, 0.1) is 5.92 Å². The maximum Gasteiger partial charge on any atom is 0.340 e. The maximum atomic E-state index is 12.4. The lowest BCUT2D eigenvalue weighted by atomic mass is 9.76. The number of allylic oxidation sites excluding steroid dienone is 2. The second-order valence-corrected chi connectivity index (χ2v) is 6.96. The van der Waals surface area contributed by atoms with E-state index in [-0.39, 0.29) is 12.0 Å². The molecule has 4 rings (SSSR count). The lowest BCUT2D eigenvalue weighted by Crippen LogP contribution is -2.30. The van der Waals surface area contributed by atoms with Gasteiger partial charge in [0.2, 0.25) is 0 Å². The molecular formula is C21H20ClNO2. The van der Waals surface area contributed by atoms with Gasteiger partial charge in [0.1, 0.15) is 0 Å². The molecule has 2 aromatic rings. The van der Waals surface area contributed by atoms with Crippen LogP contribution in [-0.2, 0) is 4.74 Å². The fraction of sp³-hybridized carbons (Fsp3) is 0.286. The van der Waals surface area contributed by atoms with Crippen LogP contribution in [0.3, 0.4) is 0 Å². The first kappa shape index (κ1) is 16.2. The van der Waals surface area contributed by atoms with E-state index in [1.807, 2.05) is 37.3 Å². The molecular weight excluding hydrogens is 334 g/mol. The average Bonchev–Trinajstić information content (AvgIpc) is 3.10. The van der Waals surface area contributed by atoms with Crippen LogP contribution in [0.15, 0.2) is 54.6 Å². The largest absolute Gasteiger partial charge is 0.462 e. The van der Waals surface area contributed by atoms with Gasteiger partial charge in [-0.15, -0.1) is 0 Å². The molecule has 25 heavy (non-hydrogen) atoms. The van der Waals surface area contributed by atoms with Gasteiger partial charge in [-0.25, -0.2) is 4.79 Å². The number of benzene rings is 2. The summed E-state index contributed by atoms with van der Waals surface area (Å²) in [5.41, 5.74) is 3.81. The van der Waals surface area contributed by atoms with Crippen molar-refractivity contribution in [3.05, 3.63) is 76.3 Å². The molecule has 2 aliphatic rings. The molecule has 3 atom stereocenters. The quantitative estimate of drug-likeness (QED) is 0.597. The normalized spacial score (nSPS) is 23.5. The summed E-state index contributed by atoms with van der Waals surface area (Å²) in [6.45, 7) is 2.19. The first-order valence-corrected chi connectivity index (χ1v) is 9.05. The lowest BCUT2D eigenvalue weighted by molar-refractivity contribution is 0.0527. The predicted octanol–water partition coefficient (Wildman–Crippen LogP) is 5.34. The summed E-state index contributed by atoms with van der Waals surface area (Å²) >= 11 is 6.21. The summed E-state index contributed by atoms with van der Waals surface area (Å²) in [4.78, 5) is 12.4. The molecule has 0 spiro atoms. The third-order valence-corrected chi connectivity index (χ3v) is 5.33. The van der Waals surface area contributed by atoms with Crippen LogP contribution < -0.4 is 5.32 Å². The highest BCUT2D eigenvalue weighted by Crippen LogP contribution is 2.50. The Kier molecular flexibility index (Phi) is 4.26. The van der Waals surface area contributed by atoms with Crippen molar-refractivity contribution in [2.24, 2.45) is 5.92 Å². The molecule has 0 saturated carbocycles. The minimum atomic E-state index is -0.280. The molecule has 2 aromatic carbocycles. The van der Waals surface area contributed by atoms with Gasteiger partial charge in [0.05, 0.1) is 23.9 Å². The zero-order valence-electron chi connectivity index (χ0n) is 14.0. The minimum absolute atomic E-state index is 0.113. The Balaban J connectivity index is 1.80. The Hall–Kier alpha value is -2.26. The molecule has 0 aromatic heterocycles. The van der Waals surface area contributed by atoms with Crippen LogP contribution in [0.25, 0.3) is 0 Å². The number of hydrogen-bond acceptors (Lipinski definition) is 3. The standard InChI is InChI=1S/C21H20ClNO2/c1-2-25-21(24)18-11-5-10-17-15-8-4-9-16(15)19(23-20(17)18)13-6-3-7-14(22)12-13/h3-8,10-12,15-16,19,23H,2,9H2,1H3/t15-,16+,19+/m1/s1. The Morgan fingerprint density at radius 2 is 2.12 bits per heavy atom. The number of nitrogens with one attached hydrogen (secondary N) is 1. The van der Waals surface area contributed by atoms with Gasteiger partial charge in [-0.2, -0.15) is 0 Å². The maximum absolute atomic E-state index is 12.4. The van der Waals surface area contributed by atoms with Gasteiger partial charge in [0, 0.05) is 10.9 Å². The van der Waals surface area contributed by atoms with Crippen molar-refractivity contribution in [1.82, 2.24) is 0 Å². The molecule has 0 amide bonds. The number of ether oxygens (including phenoxy) is 1. The molecule has 128 valence electrons. The van der Waals surface area contributed by atoms with Crippen molar-refractivity contribution in [2.75, 3.05) is 11.9 Å². The summed E-state index contributed by atoms with van der Waals surface area (Å²) in [6, 6.07) is 13.9. The number of halogens is 1. The topological polar surface area (TPSA) is 38.3 Å². The third-order valence-electron chi connectivity index (χ3n) is 5.10. The smallest absolute Gasteiger partial charge is 0.340 e. The molecule has 1 aliphatic carbocycles. The van der Waals surface area contributed by atoms with Crippen LogP contribution in [0.5, 0.6) is 0 Å². The van der Waals surface area contributed by atoms with E-state index in [1.54, 1.807) is 0 Å². The number of carbonyl (C=O) groups is 1. The molecule has 0 radical (unpaired) electrons. The van der Waals surface area contributed by atoms with E-state index >= 15 is 0 Å². The van der Waals surface area contributed by atoms with Crippen LogP contribution in [-0.4, -0.2) is 12.6 Å². The summed E-state index contributed by atoms with van der Waals surface area (Å²) in [7, 11) is 0. The van der Waals surface area contributed by atoms with Crippen LogP contribution in [0.2, 0.25) is 5.02 Å². The number of carbonyl (C=O) groups excluding carboxylic acids is 1. The summed E-state index contributed by atoms with van der Waals surface area (Å²) < 4.78 is 5.25. The molecule has 4 heteroatoms. The van der Waals surface area contributed by atoms with Crippen molar-refractivity contribution < 1.29 is 9.53 Å². The number of fused-ring (bicyclic) bond motifs is 3. The zero-order chi connectivity index (χ0) is 17.4. The first-order chi connectivity index (χ1) is 12.2. The van der Waals surface area contributed by atoms with E-state index in [0.717, 1.165) is 22.7 Å². The zero-order valence-corrected chi connectivity index (χ0v) is 14.8. The number of esters is 1. The highest BCUT2D eigenvalue weighted by atomic mass is 35.5. The minimum Gasteiger partial charge on any atom is -0.462 e. The number of anilines is 1. The Bertz CT molecular complexity index is 846. The van der Waals surface area contributed by atoms with Gasteiger partial charge in [-0.05, 0) is 48.6 Å². The second-order valence-electron chi connectivity index (χ2n) is 6.52. The predicted molar refractivity (Wildman–Crippen MR) is 100 cm³/mol. The van der Waals surface area contributed by atoms with Gasteiger partial charge in [-0.3, -0.25) is 0 Å². The molecule has 0 saturated heterocycles. The molecule has 0 unspecified atom stereocenters. The Morgan fingerprint density at radius 3 is 2.92 bits per heavy atom. The van der Waals surface area contributed by atoms with E-state index < -0.39 is 0 Å². The Morgan fingerprint density at radius 1 is 1.28 bits per heavy atom.